The number of hydrogen-bond acceptors (Lipinski definition) is 1. The first-order valence-electron chi connectivity index (χ1n) is 7.40. The monoisotopic (exact) mass is 316 g/mol. The Bertz CT molecular complexity index is 615. The maximum Gasteiger partial charge on any atom is 0.161 e. The van der Waals surface area contributed by atoms with Crippen molar-refractivity contribution in [2.75, 3.05) is 0 Å². The van der Waals surface area contributed by atoms with Crippen LogP contribution < -0.4 is 0 Å². The van der Waals surface area contributed by atoms with E-state index in [1.165, 1.54) is 18.1 Å². The van der Waals surface area contributed by atoms with E-state index in [0.717, 1.165) is 5.57 Å². The first kappa shape index (κ1) is 20.1. The Balaban J connectivity index is 0.000000360. The molecule has 22 heavy (non-hydrogen) atoms. The maximum atomic E-state index is 10.8. The van der Waals surface area contributed by atoms with Gasteiger partial charge < -0.3 is 0 Å². The number of hydrogen-bond donors (Lipinski definition) is 0. The Labute approximate surface area is 139 Å². The van der Waals surface area contributed by atoms with Crippen LogP contribution in [0.1, 0.15) is 49.2 Å². The summed E-state index contributed by atoms with van der Waals surface area (Å²) in [6, 6.07) is 15.4. The normalized spacial score (nSPS) is 8.82. The lowest BCUT2D eigenvalue weighted by molar-refractivity contribution is 0.101. The van der Waals surface area contributed by atoms with Crippen molar-refractivity contribution in [1.29, 1.82) is 0 Å². The molecule has 0 unspecified atom stereocenters. The summed E-state index contributed by atoms with van der Waals surface area (Å²) < 4.78 is 0. The fourth-order valence-corrected chi connectivity index (χ4v) is 1.93. The van der Waals surface area contributed by atoms with E-state index in [4.69, 9.17) is 11.6 Å². The van der Waals surface area contributed by atoms with Crippen LogP contribution in [0, 0.1) is 6.92 Å². The highest BCUT2D eigenvalue weighted by atomic mass is 35.5. The van der Waals surface area contributed by atoms with Gasteiger partial charge in [0, 0.05) is 5.56 Å². The van der Waals surface area contributed by atoms with Gasteiger partial charge in [0.1, 0.15) is 0 Å². The highest BCUT2D eigenvalue weighted by Gasteiger charge is 2.01. The zero-order valence-electron chi connectivity index (χ0n) is 14.1. The molecule has 0 aliphatic rings. The van der Waals surface area contributed by atoms with E-state index in [1.54, 1.807) is 24.3 Å². The van der Waals surface area contributed by atoms with E-state index in [2.05, 4.69) is 37.8 Å². The molecule has 0 saturated heterocycles. The quantitative estimate of drug-likeness (QED) is 0.571. The Morgan fingerprint density at radius 3 is 1.95 bits per heavy atom. The summed E-state index contributed by atoms with van der Waals surface area (Å²) in [6.45, 7) is 13.5. The number of Topliss-reactive ketones (excluding diaryl/α,β-unsaturated/α-hetero) is 1. The van der Waals surface area contributed by atoms with Crippen molar-refractivity contribution >= 4 is 23.0 Å². The van der Waals surface area contributed by atoms with E-state index in [0.29, 0.717) is 10.6 Å². The molecule has 0 fully saturated rings. The molecule has 0 bridgehead atoms. The SMILES string of the molecule is C=C(C)c1cccc(C)c1.CC.CC(=O)c1ccccc1Cl. The fraction of sp³-hybridized carbons (Fsp3) is 0.250. The number of carbonyl (C=O) groups excluding carboxylic acids is 1. The molecule has 2 heteroatoms. The van der Waals surface area contributed by atoms with Crippen molar-refractivity contribution in [2.24, 2.45) is 0 Å². The van der Waals surface area contributed by atoms with Gasteiger partial charge >= 0.3 is 0 Å². The van der Waals surface area contributed by atoms with Gasteiger partial charge in [-0.3, -0.25) is 4.79 Å². The van der Waals surface area contributed by atoms with Gasteiger partial charge in [0.2, 0.25) is 0 Å². The minimum absolute atomic E-state index is 0.00519. The molecule has 0 atom stereocenters. The number of ketones is 1. The highest BCUT2D eigenvalue weighted by Crippen LogP contribution is 2.14. The van der Waals surface area contributed by atoms with Crippen LogP contribution in [0.15, 0.2) is 55.1 Å². The first-order valence-corrected chi connectivity index (χ1v) is 7.77. The second-order valence-corrected chi connectivity index (χ2v) is 5.09. The van der Waals surface area contributed by atoms with Crippen LogP contribution in [0.2, 0.25) is 5.02 Å². The zero-order valence-corrected chi connectivity index (χ0v) is 14.9. The van der Waals surface area contributed by atoms with E-state index >= 15 is 0 Å². The van der Waals surface area contributed by atoms with E-state index in [9.17, 15) is 4.79 Å². The van der Waals surface area contributed by atoms with Gasteiger partial charge in [-0.25, -0.2) is 0 Å². The molecule has 0 aliphatic heterocycles. The molecule has 0 radical (unpaired) electrons. The summed E-state index contributed by atoms with van der Waals surface area (Å²) >= 11 is 5.70. The van der Waals surface area contributed by atoms with Gasteiger partial charge in [-0.1, -0.05) is 79.6 Å². The molecule has 2 rings (SSSR count). The smallest absolute Gasteiger partial charge is 0.161 e. The Kier molecular flexibility index (Phi) is 9.89. The van der Waals surface area contributed by atoms with Crippen LogP contribution in [-0.4, -0.2) is 5.78 Å². The van der Waals surface area contributed by atoms with Crippen LogP contribution >= 0.6 is 11.6 Å². The molecule has 0 N–H and O–H groups in total. The standard InChI is InChI=1S/C10H12.C8H7ClO.C2H6/c1-8(2)10-6-4-5-9(3)7-10;1-6(10)7-4-2-3-5-8(7)9;1-2/h4-7H,1H2,2-3H3;2-5H,1H3;1-2H3. The molecular weight excluding hydrogens is 292 g/mol. The van der Waals surface area contributed by atoms with Gasteiger partial charge in [0.05, 0.1) is 5.02 Å². The van der Waals surface area contributed by atoms with Crippen LogP contribution in [0.5, 0.6) is 0 Å². The van der Waals surface area contributed by atoms with E-state index < -0.39 is 0 Å². The largest absolute Gasteiger partial charge is 0.294 e. The topological polar surface area (TPSA) is 17.1 Å². The molecule has 0 amide bonds. The molecule has 0 aromatic heterocycles. The van der Waals surface area contributed by atoms with Crippen molar-refractivity contribution in [3.63, 3.8) is 0 Å². The second kappa shape index (κ2) is 10.8. The fourth-order valence-electron chi connectivity index (χ4n) is 1.66. The van der Waals surface area contributed by atoms with Crippen LogP contribution in [0.4, 0.5) is 0 Å². The summed E-state index contributed by atoms with van der Waals surface area (Å²) in [5.74, 6) is 0.00519. The first-order chi connectivity index (χ1) is 10.4. The maximum absolute atomic E-state index is 10.8. The predicted octanol–water partition coefficient (Wildman–Crippen LogP) is 6.60. The molecule has 0 saturated carbocycles. The minimum atomic E-state index is 0.00519. The lowest BCUT2D eigenvalue weighted by Crippen LogP contribution is -1.91. The zero-order chi connectivity index (χ0) is 17.1. The lowest BCUT2D eigenvalue weighted by atomic mass is 10.1. The van der Waals surface area contributed by atoms with Crippen LogP contribution in [0.3, 0.4) is 0 Å². The molecular formula is C20H25ClO. The van der Waals surface area contributed by atoms with Gasteiger partial charge in [-0.2, -0.15) is 0 Å². The Hall–Kier alpha value is -1.86. The minimum Gasteiger partial charge on any atom is -0.294 e. The van der Waals surface area contributed by atoms with Gasteiger partial charge in [0.15, 0.2) is 5.78 Å². The second-order valence-electron chi connectivity index (χ2n) is 4.69. The molecule has 1 nitrogen and oxygen atoms in total. The van der Waals surface area contributed by atoms with Crippen molar-refractivity contribution in [3.05, 3.63) is 76.8 Å². The summed E-state index contributed by atoms with van der Waals surface area (Å²) in [5.41, 5.74) is 4.24. The summed E-state index contributed by atoms with van der Waals surface area (Å²) in [5, 5.41) is 0.523. The van der Waals surface area contributed by atoms with E-state index in [-0.39, 0.29) is 5.78 Å². The number of allylic oxidation sites excluding steroid dienone is 1. The third kappa shape index (κ3) is 7.24. The molecule has 0 heterocycles. The molecule has 0 aliphatic carbocycles. The van der Waals surface area contributed by atoms with Gasteiger partial charge in [-0.15, -0.1) is 0 Å². The van der Waals surface area contributed by atoms with Crippen LogP contribution in [-0.2, 0) is 0 Å². The Morgan fingerprint density at radius 2 is 1.59 bits per heavy atom. The van der Waals surface area contributed by atoms with Crippen molar-refractivity contribution in [1.82, 2.24) is 0 Å². The van der Waals surface area contributed by atoms with Crippen LogP contribution in [0.25, 0.3) is 5.57 Å². The summed E-state index contributed by atoms with van der Waals surface area (Å²) in [7, 11) is 0. The summed E-state index contributed by atoms with van der Waals surface area (Å²) in [6.07, 6.45) is 0. The number of rotatable bonds is 2. The lowest BCUT2D eigenvalue weighted by Gasteiger charge is -1.98. The molecule has 2 aromatic rings. The van der Waals surface area contributed by atoms with Crippen molar-refractivity contribution < 1.29 is 4.79 Å². The number of halogens is 1. The van der Waals surface area contributed by atoms with Gasteiger partial charge in [0.25, 0.3) is 0 Å². The molecule has 2 aromatic carbocycles. The third-order valence-electron chi connectivity index (χ3n) is 2.76. The van der Waals surface area contributed by atoms with Crippen molar-refractivity contribution in [3.8, 4) is 0 Å². The molecule has 0 spiro atoms. The summed E-state index contributed by atoms with van der Waals surface area (Å²) in [4.78, 5) is 10.8. The number of carbonyl (C=O) groups is 1. The third-order valence-corrected chi connectivity index (χ3v) is 3.09. The highest BCUT2D eigenvalue weighted by molar-refractivity contribution is 6.33. The number of benzene rings is 2. The Morgan fingerprint density at radius 1 is 1.00 bits per heavy atom. The van der Waals surface area contributed by atoms with E-state index in [1.807, 2.05) is 20.8 Å². The average Bonchev–Trinajstić information content (AvgIpc) is 2.50. The van der Waals surface area contributed by atoms with Crippen molar-refractivity contribution in [2.45, 2.75) is 34.6 Å². The average molecular weight is 317 g/mol. The number of aryl methyl sites for hydroxylation is 1. The predicted molar refractivity (Wildman–Crippen MR) is 98.7 cm³/mol. The molecule has 118 valence electrons. The van der Waals surface area contributed by atoms with Gasteiger partial charge in [-0.05, 0) is 38.5 Å².